The number of Topliss-reactive ketones (excluding diaryl/α,β-unsaturated/α-hetero) is 1. The molecule has 0 saturated heterocycles. The highest BCUT2D eigenvalue weighted by atomic mass is 35.5. The molecule has 1 atom stereocenters. The van der Waals surface area contributed by atoms with Crippen molar-refractivity contribution in [3.05, 3.63) is 28.8 Å². The SMILES string of the molecule is CCCCN1C(=O)C(O)(CC(C)=O)c2cc(Cl)ccc21. The summed E-state index contributed by atoms with van der Waals surface area (Å²) in [5.41, 5.74) is -0.697. The highest BCUT2D eigenvalue weighted by Crippen LogP contribution is 2.43. The van der Waals surface area contributed by atoms with Gasteiger partial charge in [-0.2, -0.15) is 0 Å². The third-order valence-electron chi connectivity index (χ3n) is 3.53. The van der Waals surface area contributed by atoms with Crippen LogP contribution in [0.2, 0.25) is 5.02 Å². The second kappa shape index (κ2) is 5.54. The summed E-state index contributed by atoms with van der Waals surface area (Å²) in [4.78, 5) is 25.5. The molecule has 1 aliphatic heterocycles. The number of amides is 1. The molecule has 1 heterocycles. The lowest BCUT2D eigenvalue weighted by Crippen LogP contribution is -2.41. The van der Waals surface area contributed by atoms with Crippen molar-refractivity contribution >= 4 is 29.0 Å². The van der Waals surface area contributed by atoms with Crippen molar-refractivity contribution in [1.29, 1.82) is 0 Å². The van der Waals surface area contributed by atoms with Crippen molar-refractivity contribution in [3.63, 3.8) is 0 Å². The standard InChI is InChI=1S/C15H18ClNO3/c1-3-4-7-17-13-6-5-11(16)8-12(13)15(20,14(17)19)9-10(2)18/h5-6,8,20H,3-4,7,9H2,1-2H3. The van der Waals surface area contributed by atoms with Gasteiger partial charge in [0.1, 0.15) is 5.78 Å². The van der Waals surface area contributed by atoms with Crippen molar-refractivity contribution in [2.75, 3.05) is 11.4 Å². The van der Waals surface area contributed by atoms with Crippen LogP contribution in [-0.2, 0) is 15.2 Å². The van der Waals surface area contributed by atoms with Crippen molar-refractivity contribution in [3.8, 4) is 0 Å². The zero-order valence-corrected chi connectivity index (χ0v) is 12.4. The number of hydrogen-bond donors (Lipinski definition) is 1. The monoisotopic (exact) mass is 295 g/mol. The average Bonchev–Trinajstić information content (AvgIpc) is 2.57. The Morgan fingerprint density at radius 1 is 1.45 bits per heavy atom. The first-order valence-electron chi connectivity index (χ1n) is 6.74. The summed E-state index contributed by atoms with van der Waals surface area (Å²) in [6.07, 6.45) is 1.56. The van der Waals surface area contributed by atoms with Crippen LogP contribution in [0.4, 0.5) is 5.69 Å². The van der Waals surface area contributed by atoms with E-state index in [4.69, 9.17) is 11.6 Å². The maximum atomic E-state index is 12.5. The van der Waals surface area contributed by atoms with Gasteiger partial charge in [0.15, 0.2) is 5.60 Å². The van der Waals surface area contributed by atoms with E-state index in [-0.39, 0.29) is 12.2 Å². The smallest absolute Gasteiger partial charge is 0.264 e. The summed E-state index contributed by atoms with van der Waals surface area (Å²) in [5.74, 6) is -0.664. The van der Waals surface area contributed by atoms with Crippen LogP contribution < -0.4 is 4.90 Å². The molecule has 1 aromatic rings. The van der Waals surface area contributed by atoms with E-state index in [1.807, 2.05) is 6.92 Å². The number of carbonyl (C=O) groups excluding carboxylic acids is 2. The van der Waals surface area contributed by atoms with Gasteiger partial charge < -0.3 is 10.0 Å². The fourth-order valence-electron chi connectivity index (χ4n) is 2.59. The number of carbonyl (C=O) groups is 2. The first-order chi connectivity index (χ1) is 9.40. The number of halogens is 1. The Labute approximate surface area is 123 Å². The Morgan fingerprint density at radius 2 is 2.15 bits per heavy atom. The fourth-order valence-corrected chi connectivity index (χ4v) is 2.76. The van der Waals surface area contributed by atoms with E-state index in [1.54, 1.807) is 23.1 Å². The molecule has 0 bridgehead atoms. The maximum Gasteiger partial charge on any atom is 0.264 e. The lowest BCUT2D eigenvalue weighted by atomic mass is 9.90. The number of benzene rings is 1. The average molecular weight is 296 g/mol. The van der Waals surface area contributed by atoms with E-state index >= 15 is 0 Å². The molecule has 20 heavy (non-hydrogen) atoms. The van der Waals surface area contributed by atoms with Gasteiger partial charge in [-0.1, -0.05) is 24.9 Å². The number of rotatable bonds is 5. The van der Waals surface area contributed by atoms with E-state index in [0.717, 1.165) is 12.8 Å². The molecule has 1 aromatic carbocycles. The van der Waals surface area contributed by atoms with E-state index in [1.165, 1.54) is 6.92 Å². The molecular formula is C15H18ClNO3. The molecule has 0 spiro atoms. The molecule has 1 aliphatic rings. The van der Waals surface area contributed by atoms with Crippen LogP contribution in [0.5, 0.6) is 0 Å². The second-order valence-corrected chi connectivity index (χ2v) is 5.65. The Bertz CT molecular complexity index is 558. The fraction of sp³-hybridized carbons (Fsp3) is 0.467. The molecule has 2 rings (SSSR count). The van der Waals surface area contributed by atoms with Crippen molar-refractivity contribution < 1.29 is 14.7 Å². The molecule has 0 saturated carbocycles. The first kappa shape index (κ1) is 15.0. The molecule has 0 aromatic heterocycles. The number of hydrogen-bond acceptors (Lipinski definition) is 3. The van der Waals surface area contributed by atoms with Crippen LogP contribution in [0.1, 0.15) is 38.7 Å². The highest BCUT2D eigenvalue weighted by Gasteiger charge is 2.50. The summed E-state index contributed by atoms with van der Waals surface area (Å²) in [6.45, 7) is 3.93. The highest BCUT2D eigenvalue weighted by molar-refractivity contribution is 6.31. The van der Waals surface area contributed by atoms with E-state index in [9.17, 15) is 14.7 Å². The largest absolute Gasteiger partial charge is 0.375 e. The molecule has 108 valence electrons. The third kappa shape index (κ3) is 2.45. The predicted molar refractivity (Wildman–Crippen MR) is 77.9 cm³/mol. The second-order valence-electron chi connectivity index (χ2n) is 5.21. The van der Waals surface area contributed by atoms with Gasteiger partial charge >= 0.3 is 0 Å². The molecule has 1 amide bonds. The van der Waals surface area contributed by atoms with Crippen LogP contribution in [0.25, 0.3) is 0 Å². The minimum absolute atomic E-state index is 0.220. The Kier molecular flexibility index (Phi) is 4.16. The van der Waals surface area contributed by atoms with Crippen molar-refractivity contribution in [1.82, 2.24) is 0 Å². The first-order valence-corrected chi connectivity index (χ1v) is 7.11. The number of fused-ring (bicyclic) bond motifs is 1. The van der Waals surface area contributed by atoms with Crippen LogP contribution in [-0.4, -0.2) is 23.3 Å². The minimum Gasteiger partial charge on any atom is -0.375 e. The molecule has 4 nitrogen and oxygen atoms in total. The summed E-state index contributed by atoms with van der Waals surface area (Å²) >= 11 is 5.96. The lowest BCUT2D eigenvalue weighted by molar-refractivity contribution is -0.141. The maximum absolute atomic E-state index is 12.5. The quantitative estimate of drug-likeness (QED) is 0.908. The van der Waals surface area contributed by atoms with Crippen LogP contribution in [0, 0.1) is 0 Å². The molecule has 0 aliphatic carbocycles. The molecular weight excluding hydrogens is 278 g/mol. The normalized spacial score (nSPS) is 21.2. The van der Waals surface area contributed by atoms with Crippen LogP contribution in [0.15, 0.2) is 18.2 Å². The zero-order valence-electron chi connectivity index (χ0n) is 11.6. The van der Waals surface area contributed by atoms with E-state index < -0.39 is 11.5 Å². The topological polar surface area (TPSA) is 57.6 Å². The van der Waals surface area contributed by atoms with Gasteiger partial charge in [0.2, 0.25) is 0 Å². The Morgan fingerprint density at radius 3 is 2.75 bits per heavy atom. The van der Waals surface area contributed by atoms with Crippen LogP contribution in [0.3, 0.4) is 0 Å². The Balaban J connectivity index is 2.49. The van der Waals surface area contributed by atoms with Crippen molar-refractivity contribution in [2.45, 2.75) is 38.7 Å². The summed E-state index contributed by atoms with van der Waals surface area (Å²) in [5, 5.41) is 11.1. The summed E-state index contributed by atoms with van der Waals surface area (Å²) in [7, 11) is 0. The van der Waals surface area contributed by atoms with Crippen LogP contribution >= 0.6 is 11.6 Å². The predicted octanol–water partition coefficient (Wildman–Crippen LogP) is 2.65. The lowest BCUT2D eigenvalue weighted by Gasteiger charge is -2.22. The number of ketones is 1. The van der Waals surface area contributed by atoms with Gasteiger partial charge in [0, 0.05) is 23.6 Å². The van der Waals surface area contributed by atoms with Gasteiger partial charge in [-0.15, -0.1) is 0 Å². The third-order valence-corrected chi connectivity index (χ3v) is 3.77. The number of nitrogens with zero attached hydrogens (tertiary/aromatic N) is 1. The summed E-state index contributed by atoms with van der Waals surface area (Å²) in [6, 6.07) is 4.99. The van der Waals surface area contributed by atoms with Gasteiger partial charge in [0.25, 0.3) is 5.91 Å². The van der Waals surface area contributed by atoms with Gasteiger partial charge in [0.05, 0.1) is 5.69 Å². The minimum atomic E-state index is -1.78. The Hall–Kier alpha value is -1.39. The zero-order chi connectivity index (χ0) is 14.9. The number of unbranched alkanes of at least 4 members (excludes halogenated alkanes) is 1. The molecule has 0 radical (unpaired) electrons. The van der Waals surface area contributed by atoms with Gasteiger partial charge in [-0.05, 0) is 31.5 Å². The number of aliphatic hydroxyl groups is 1. The van der Waals surface area contributed by atoms with E-state index in [2.05, 4.69) is 0 Å². The summed E-state index contributed by atoms with van der Waals surface area (Å²) < 4.78 is 0. The van der Waals surface area contributed by atoms with Gasteiger partial charge in [-0.25, -0.2) is 0 Å². The molecule has 0 fully saturated rings. The molecule has 1 unspecified atom stereocenters. The number of anilines is 1. The van der Waals surface area contributed by atoms with E-state index in [0.29, 0.717) is 22.8 Å². The molecule has 5 heteroatoms. The molecule has 1 N–H and O–H groups in total. The van der Waals surface area contributed by atoms with Gasteiger partial charge in [-0.3, -0.25) is 9.59 Å². The van der Waals surface area contributed by atoms with Crippen molar-refractivity contribution in [2.24, 2.45) is 0 Å².